The van der Waals surface area contributed by atoms with Crippen LogP contribution < -0.4 is 5.73 Å². The highest BCUT2D eigenvalue weighted by atomic mass is 35.5. The van der Waals surface area contributed by atoms with Crippen LogP contribution in [0.5, 0.6) is 0 Å². The summed E-state index contributed by atoms with van der Waals surface area (Å²) < 4.78 is 27.8. The molecule has 0 fully saturated rings. The molecule has 1 aromatic carbocycles. The lowest BCUT2D eigenvalue weighted by Crippen LogP contribution is -2.15. The van der Waals surface area contributed by atoms with Crippen molar-refractivity contribution in [1.29, 1.82) is 0 Å². The number of oxazole rings is 1. The van der Waals surface area contributed by atoms with Crippen LogP contribution in [0.4, 0.5) is 0 Å². The molecule has 0 bridgehead atoms. The Morgan fingerprint density at radius 2 is 2.16 bits per heavy atom. The van der Waals surface area contributed by atoms with Crippen molar-refractivity contribution in [3.8, 4) is 0 Å². The summed E-state index contributed by atoms with van der Waals surface area (Å²) in [7, 11) is -3.04. The molecular formula is C12H15ClN2O3S. The van der Waals surface area contributed by atoms with Crippen LogP contribution in [0.2, 0.25) is 5.02 Å². The van der Waals surface area contributed by atoms with Gasteiger partial charge in [-0.1, -0.05) is 11.6 Å². The van der Waals surface area contributed by atoms with E-state index in [1.54, 1.807) is 12.1 Å². The molecule has 0 amide bonds. The Labute approximate surface area is 116 Å². The van der Waals surface area contributed by atoms with Gasteiger partial charge in [-0.05, 0) is 31.0 Å². The highest BCUT2D eigenvalue weighted by Crippen LogP contribution is 2.26. The summed E-state index contributed by atoms with van der Waals surface area (Å²) in [6.07, 6.45) is 1.45. The van der Waals surface area contributed by atoms with Crippen molar-refractivity contribution in [2.45, 2.75) is 19.4 Å². The summed E-state index contributed by atoms with van der Waals surface area (Å²) in [5.41, 5.74) is 8.04. The van der Waals surface area contributed by atoms with Gasteiger partial charge in [0.2, 0.25) is 5.89 Å². The monoisotopic (exact) mass is 302 g/mol. The van der Waals surface area contributed by atoms with Gasteiger partial charge in [-0.3, -0.25) is 0 Å². The van der Waals surface area contributed by atoms with E-state index in [1.807, 2.05) is 6.92 Å². The van der Waals surface area contributed by atoms with E-state index in [0.717, 1.165) is 5.56 Å². The second kappa shape index (κ2) is 5.11. The van der Waals surface area contributed by atoms with Gasteiger partial charge in [0.25, 0.3) is 0 Å². The first kappa shape index (κ1) is 14.3. The molecule has 0 radical (unpaired) electrons. The molecule has 0 saturated heterocycles. The lowest BCUT2D eigenvalue weighted by molar-refractivity contribution is 0.467. The molecule has 0 aliphatic rings. The SMILES string of the molecule is Cc1cc(Cl)cc2nc(C(N)CCS(C)(=O)=O)oc12. The third-order valence-corrected chi connectivity index (χ3v) is 3.97. The highest BCUT2D eigenvalue weighted by molar-refractivity contribution is 7.90. The summed E-state index contributed by atoms with van der Waals surface area (Å²) in [6.45, 7) is 1.87. The lowest BCUT2D eigenvalue weighted by Gasteiger charge is -2.05. The van der Waals surface area contributed by atoms with Crippen molar-refractivity contribution in [2.24, 2.45) is 5.73 Å². The van der Waals surface area contributed by atoms with Gasteiger partial charge in [0, 0.05) is 11.3 Å². The van der Waals surface area contributed by atoms with Gasteiger partial charge in [-0.2, -0.15) is 0 Å². The van der Waals surface area contributed by atoms with Gasteiger partial charge in [-0.25, -0.2) is 13.4 Å². The fourth-order valence-electron chi connectivity index (χ4n) is 1.80. The Kier molecular flexibility index (Phi) is 3.85. The molecular weight excluding hydrogens is 288 g/mol. The molecule has 19 heavy (non-hydrogen) atoms. The van der Waals surface area contributed by atoms with Crippen molar-refractivity contribution in [3.05, 3.63) is 28.6 Å². The Balaban J connectivity index is 2.28. The molecule has 0 saturated carbocycles. The van der Waals surface area contributed by atoms with Crippen LogP contribution >= 0.6 is 11.6 Å². The van der Waals surface area contributed by atoms with Crippen LogP contribution in [0.1, 0.15) is 23.9 Å². The zero-order valence-electron chi connectivity index (χ0n) is 10.7. The molecule has 5 nitrogen and oxygen atoms in total. The average Bonchev–Trinajstić information content (AvgIpc) is 2.68. The molecule has 1 aromatic heterocycles. The predicted octanol–water partition coefficient (Wildman–Crippen LogP) is 2.22. The topological polar surface area (TPSA) is 86.2 Å². The quantitative estimate of drug-likeness (QED) is 0.936. The maximum absolute atomic E-state index is 11.1. The van der Waals surface area contributed by atoms with Crippen molar-refractivity contribution >= 4 is 32.5 Å². The molecule has 1 unspecified atom stereocenters. The van der Waals surface area contributed by atoms with Gasteiger partial charge in [0.05, 0.1) is 11.8 Å². The zero-order chi connectivity index (χ0) is 14.2. The normalized spacial score (nSPS) is 13.9. The number of hydrogen-bond donors (Lipinski definition) is 1. The standard InChI is InChI=1S/C12H15ClN2O3S/c1-7-5-8(13)6-10-11(7)18-12(15-10)9(14)3-4-19(2,16)17/h5-6,9H,3-4,14H2,1-2H3. The third kappa shape index (κ3) is 3.46. The Hall–Kier alpha value is -1.11. The van der Waals surface area contributed by atoms with Crippen molar-refractivity contribution < 1.29 is 12.8 Å². The van der Waals surface area contributed by atoms with Crippen LogP contribution in [0.15, 0.2) is 16.5 Å². The molecule has 2 aromatic rings. The fourth-order valence-corrected chi connectivity index (χ4v) is 2.75. The number of aromatic nitrogens is 1. The Morgan fingerprint density at radius 3 is 2.79 bits per heavy atom. The van der Waals surface area contributed by atoms with Crippen molar-refractivity contribution in [1.82, 2.24) is 4.98 Å². The van der Waals surface area contributed by atoms with Gasteiger partial charge in [0.1, 0.15) is 15.4 Å². The highest BCUT2D eigenvalue weighted by Gasteiger charge is 2.17. The largest absolute Gasteiger partial charge is 0.439 e. The maximum atomic E-state index is 11.1. The predicted molar refractivity (Wildman–Crippen MR) is 75.0 cm³/mol. The molecule has 1 heterocycles. The number of benzene rings is 1. The van der Waals surface area contributed by atoms with Crippen LogP contribution in [-0.4, -0.2) is 25.4 Å². The lowest BCUT2D eigenvalue weighted by atomic mass is 10.2. The molecule has 0 aliphatic heterocycles. The molecule has 104 valence electrons. The van der Waals surface area contributed by atoms with E-state index in [4.69, 9.17) is 21.8 Å². The zero-order valence-corrected chi connectivity index (χ0v) is 12.3. The number of nitrogens with zero attached hydrogens (tertiary/aromatic N) is 1. The van der Waals surface area contributed by atoms with Gasteiger partial charge in [0.15, 0.2) is 5.58 Å². The minimum atomic E-state index is -3.04. The molecule has 2 rings (SSSR count). The van der Waals surface area contributed by atoms with Crippen LogP contribution in [0.25, 0.3) is 11.1 Å². The van der Waals surface area contributed by atoms with E-state index in [2.05, 4.69) is 4.98 Å². The number of sulfone groups is 1. The summed E-state index contributed by atoms with van der Waals surface area (Å²) >= 11 is 5.94. The van der Waals surface area contributed by atoms with Crippen molar-refractivity contribution in [3.63, 3.8) is 0 Å². The van der Waals surface area contributed by atoms with E-state index in [-0.39, 0.29) is 12.2 Å². The molecule has 1 atom stereocenters. The first-order valence-electron chi connectivity index (χ1n) is 5.76. The van der Waals surface area contributed by atoms with Gasteiger partial charge in [-0.15, -0.1) is 0 Å². The molecule has 0 aliphatic carbocycles. The first-order chi connectivity index (χ1) is 8.76. The van der Waals surface area contributed by atoms with Crippen LogP contribution in [0, 0.1) is 6.92 Å². The number of aryl methyl sites for hydroxylation is 1. The number of fused-ring (bicyclic) bond motifs is 1. The molecule has 7 heteroatoms. The van der Waals surface area contributed by atoms with E-state index in [0.29, 0.717) is 22.0 Å². The maximum Gasteiger partial charge on any atom is 0.212 e. The smallest absolute Gasteiger partial charge is 0.212 e. The summed E-state index contributed by atoms with van der Waals surface area (Å²) in [6, 6.07) is 2.93. The first-order valence-corrected chi connectivity index (χ1v) is 8.20. The Morgan fingerprint density at radius 1 is 1.47 bits per heavy atom. The number of rotatable bonds is 4. The van der Waals surface area contributed by atoms with Gasteiger partial charge >= 0.3 is 0 Å². The number of halogens is 1. The van der Waals surface area contributed by atoms with E-state index >= 15 is 0 Å². The third-order valence-electron chi connectivity index (χ3n) is 2.77. The average molecular weight is 303 g/mol. The summed E-state index contributed by atoms with van der Waals surface area (Å²) in [4.78, 5) is 4.26. The van der Waals surface area contributed by atoms with Gasteiger partial charge < -0.3 is 10.2 Å². The van der Waals surface area contributed by atoms with Crippen molar-refractivity contribution in [2.75, 3.05) is 12.0 Å². The van der Waals surface area contributed by atoms with Crippen LogP contribution in [0.3, 0.4) is 0 Å². The molecule has 2 N–H and O–H groups in total. The second-order valence-electron chi connectivity index (χ2n) is 4.65. The van der Waals surface area contributed by atoms with Crippen LogP contribution in [-0.2, 0) is 9.84 Å². The second-order valence-corrected chi connectivity index (χ2v) is 7.34. The summed E-state index contributed by atoms with van der Waals surface area (Å²) in [5, 5.41) is 0.578. The number of hydrogen-bond acceptors (Lipinski definition) is 5. The number of nitrogens with two attached hydrogens (primary N) is 1. The molecule has 0 spiro atoms. The van der Waals surface area contributed by atoms with E-state index < -0.39 is 15.9 Å². The fraction of sp³-hybridized carbons (Fsp3) is 0.417. The van der Waals surface area contributed by atoms with E-state index in [9.17, 15) is 8.42 Å². The summed E-state index contributed by atoms with van der Waals surface area (Å²) in [5.74, 6) is 0.344. The minimum absolute atomic E-state index is 0.00658. The van der Waals surface area contributed by atoms with E-state index in [1.165, 1.54) is 6.26 Å². The Bertz CT molecular complexity index is 709. The minimum Gasteiger partial charge on any atom is -0.439 e.